The maximum Gasteiger partial charge on any atom is 0.476 e. The number of phosphoric acid groups is 1. The highest BCUT2D eigenvalue weighted by molar-refractivity contribution is 8.15. The molecule has 1 aromatic heterocycles. The molecule has 1 aliphatic heterocycles. The number of nitrogens with zero attached hydrogens (tertiary/aromatic N) is 1. The number of aromatic amines is 1. The molecular weight excluding hydrogens is 493 g/mol. The minimum Gasteiger partial charge on any atom is -0.352 e. The molecule has 29 heavy (non-hydrogen) atoms. The summed E-state index contributed by atoms with van der Waals surface area (Å²) in [6.07, 6.45) is -0.721. The highest BCUT2D eigenvalue weighted by Crippen LogP contribution is 2.67. The van der Waals surface area contributed by atoms with Gasteiger partial charge in [0.1, 0.15) is 6.23 Å². The number of aryl methyl sites for hydroxylation is 1. The number of H-pyrrole nitrogens is 1. The molecule has 1 unspecified atom stereocenters. The summed E-state index contributed by atoms with van der Waals surface area (Å²) in [5, 5.41) is 0. The summed E-state index contributed by atoms with van der Waals surface area (Å²) in [7, 11) is -5.21. The van der Waals surface area contributed by atoms with E-state index in [1.165, 1.54) is 13.1 Å². The molecule has 166 valence electrons. The largest absolute Gasteiger partial charge is 0.476 e. The fraction of sp³-hybridized carbons (Fsp3) is 0.636. The lowest BCUT2D eigenvalue weighted by atomic mass is 10.1. The molecule has 2 heterocycles. The van der Waals surface area contributed by atoms with Crippen LogP contribution in [0.2, 0.25) is 0 Å². The molecule has 0 aliphatic carbocycles. The number of ether oxygens (including phenoxy) is 1. The van der Waals surface area contributed by atoms with Crippen LogP contribution in [0.25, 0.3) is 0 Å². The van der Waals surface area contributed by atoms with Gasteiger partial charge in [0.25, 0.3) is 5.56 Å². The van der Waals surface area contributed by atoms with Gasteiger partial charge in [0.05, 0.1) is 12.2 Å². The van der Waals surface area contributed by atoms with Crippen molar-refractivity contribution in [2.24, 2.45) is 0 Å². The first kappa shape index (κ1) is 25.2. The Labute approximate surface area is 174 Å². The normalized spacial score (nSPS) is 26.8. The molecule has 0 radical (unpaired) electrons. The van der Waals surface area contributed by atoms with E-state index in [9.17, 15) is 23.9 Å². The highest BCUT2D eigenvalue weighted by atomic mass is 32.5. The zero-order valence-corrected chi connectivity index (χ0v) is 19.3. The van der Waals surface area contributed by atoms with Crippen molar-refractivity contribution in [3.05, 3.63) is 32.6 Å². The van der Waals surface area contributed by atoms with Gasteiger partial charge in [0.2, 0.25) is 0 Å². The van der Waals surface area contributed by atoms with Crippen LogP contribution in [0, 0.1) is 6.92 Å². The maximum absolute atomic E-state index is 12.1. The molecule has 18 heteroatoms. The molecule has 1 fully saturated rings. The fourth-order valence-electron chi connectivity index (χ4n) is 2.61. The minimum absolute atomic E-state index is 0.0137. The van der Waals surface area contributed by atoms with Crippen LogP contribution in [0.3, 0.4) is 0 Å². The average Bonchev–Trinajstić information content (AvgIpc) is 2.88. The molecule has 5 N–H and O–H groups in total. The minimum atomic E-state index is -5.21. The van der Waals surface area contributed by atoms with Crippen molar-refractivity contribution in [3.63, 3.8) is 0 Å². The topological polar surface area (TPSA) is 190 Å². The van der Waals surface area contributed by atoms with Crippen LogP contribution in [0.1, 0.15) is 31.6 Å². The number of hydrogen-bond acceptors (Lipinski definition) is 9. The van der Waals surface area contributed by atoms with Crippen LogP contribution < -0.4 is 11.2 Å². The molecule has 13 nitrogen and oxygen atoms in total. The van der Waals surface area contributed by atoms with Crippen molar-refractivity contribution in [1.82, 2.24) is 9.55 Å². The molecule has 0 spiro atoms. The van der Waals surface area contributed by atoms with Gasteiger partial charge in [-0.1, -0.05) is 6.92 Å². The summed E-state index contributed by atoms with van der Waals surface area (Å²) >= 11 is 9.18. The third-order valence-electron chi connectivity index (χ3n) is 3.72. The van der Waals surface area contributed by atoms with E-state index in [-0.39, 0.29) is 12.0 Å². The van der Waals surface area contributed by atoms with Crippen molar-refractivity contribution in [3.8, 4) is 0 Å². The van der Waals surface area contributed by atoms with Crippen molar-refractivity contribution in [2.45, 2.75) is 45.1 Å². The number of aromatic nitrogens is 2. The molecule has 5 atom stereocenters. The molecule has 1 aliphatic rings. The van der Waals surface area contributed by atoms with E-state index in [0.29, 0.717) is 6.42 Å². The van der Waals surface area contributed by atoms with Crippen molar-refractivity contribution in [2.75, 3.05) is 0 Å². The van der Waals surface area contributed by atoms with E-state index in [4.69, 9.17) is 30.9 Å². The highest BCUT2D eigenvalue weighted by Gasteiger charge is 2.42. The summed E-state index contributed by atoms with van der Waals surface area (Å²) in [4.78, 5) is 63.1. The Balaban J connectivity index is 2.18. The van der Waals surface area contributed by atoms with E-state index in [1.807, 2.05) is 0 Å². The Hall–Kier alpha value is -0.110. The third-order valence-corrected chi connectivity index (χ3v) is 9.65. The second kappa shape index (κ2) is 9.17. The molecule has 0 bridgehead atoms. The first-order valence-electron chi connectivity index (χ1n) is 7.92. The number of rotatable bonds is 8. The predicted molar refractivity (Wildman–Crippen MR) is 107 cm³/mol. The van der Waals surface area contributed by atoms with E-state index in [2.05, 4.69) is 25.4 Å². The molecule has 2 rings (SSSR count). The van der Waals surface area contributed by atoms with Gasteiger partial charge in [-0.15, -0.1) is 0 Å². The van der Waals surface area contributed by atoms with Crippen LogP contribution in [0.15, 0.2) is 15.8 Å². The fourth-order valence-corrected chi connectivity index (χ4v) is 8.96. The van der Waals surface area contributed by atoms with Crippen molar-refractivity contribution < 1.29 is 42.0 Å². The van der Waals surface area contributed by atoms with Crippen LogP contribution in [0.5, 0.6) is 0 Å². The molecular formula is C11H19N2O11P3S2. The van der Waals surface area contributed by atoms with Gasteiger partial charge in [-0.25, -0.2) is 18.0 Å². The maximum atomic E-state index is 12.1. The number of nitrogens with one attached hydrogen (secondary N) is 1. The monoisotopic (exact) mass is 512 g/mol. The van der Waals surface area contributed by atoms with Crippen LogP contribution >= 0.6 is 21.3 Å². The van der Waals surface area contributed by atoms with Gasteiger partial charge < -0.3 is 28.8 Å². The lowest BCUT2D eigenvalue weighted by Crippen LogP contribution is -2.33. The Morgan fingerprint density at radius 2 is 1.86 bits per heavy atom. The molecule has 1 saturated heterocycles. The Kier molecular flexibility index (Phi) is 7.96. The SMILES string of the molecule is CC[C@H]1O[C@@H](n2cc(C)c(=O)[nH]c2=O)C[C@@H]1O[P@](O)(=S)OP(O)(=S)OP(=O)(O)O. The van der Waals surface area contributed by atoms with Crippen LogP contribution in [-0.4, -0.2) is 41.3 Å². The molecule has 0 saturated carbocycles. The van der Waals surface area contributed by atoms with Gasteiger partial charge >= 0.3 is 26.9 Å². The summed E-state index contributed by atoms with van der Waals surface area (Å²) < 4.78 is 31.6. The average molecular weight is 512 g/mol. The standard InChI is InChI=1S/C11H19N2O11P3S2/c1-3-7-8(22-26(19,28)24-27(20,29)23-25(16,17)18)4-9(21-7)13-5-6(2)10(14)12-11(13)15/h5,7-9H,3-4H2,1-2H3,(H,19,28)(H,20,29)(H,12,14,15)(H2,16,17,18)/t7-,8+,9-,26+,27?/m1/s1. The smallest absolute Gasteiger partial charge is 0.352 e. The first-order valence-corrected chi connectivity index (χ1v) is 14.6. The molecule has 0 amide bonds. The third kappa shape index (κ3) is 7.22. The predicted octanol–water partition coefficient (Wildman–Crippen LogP) is 0.487. The van der Waals surface area contributed by atoms with Crippen LogP contribution in [-0.2, 0) is 46.1 Å². The van der Waals surface area contributed by atoms with Gasteiger partial charge in [-0.3, -0.25) is 14.3 Å². The zero-order chi connectivity index (χ0) is 22.2. The Morgan fingerprint density at radius 3 is 2.41 bits per heavy atom. The lowest BCUT2D eigenvalue weighted by molar-refractivity contribution is -0.0194. The Morgan fingerprint density at radius 1 is 1.24 bits per heavy atom. The summed E-state index contributed by atoms with van der Waals surface area (Å²) in [6.45, 7) is -5.68. The summed E-state index contributed by atoms with van der Waals surface area (Å²) in [6, 6.07) is 0. The van der Waals surface area contributed by atoms with E-state index >= 15 is 0 Å². The lowest BCUT2D eigenvalue weighted by Gasteiger charge is -2.25. The van der Waals surface area contributed by atoms with E-state index < -0.39 is 50.9 Å². The van der Waals surface area contributed by atoms with Crippen molar-refractivity contribution >= 4 is 44.9 Å². The van der Waals surface area contributed by atoms with Gasteiger partial charge in [0.15, 0.2) is 0 Å². The first-order chi connectivity index (χ1) is 13.1. The summed E-state index contributed by atoms with van der Waals surface area (Å²) in [5.41, 5.74) is -0.972. The van der Waals surface area contributed by atoms with Crippen LogP contribution in [0.4, 0.5) is 0 Å². The second-order valence-electron chi connectivity index (χ2n) is 5.99. The van der Waals surface area contributed by atoms with Gasteiger partial charge in [-0.2, -0.15) is 0 Å². The molecule has 0 aromatic carbocycles. The number of hydrogen-bond donors (Lipinski definition) is 5. The summed E-state index contributed by atoms with van der Waals surface area (Å²) in [5.74, 6) is 0. The molecule has 1 aromatic rings. The second-order valence-corrected chi connectivity index (χ2v) is 13.1. The van der Waals surface area contributed by atoms with Gasteiger partial charge in [0, 0.05) is 18.2 Å². The van der Waals surface area contributed by atoms with E-state index in [1.54, 1.807) is 6.92 Å². The zero-order valence-electron chi connectivity index (χ0n) is 15.0. The Bertz CT molecular complexity index is 1020. The quantitative estimate of drug-likeness (QED) is 0.303. The van der Waals surface area contributed by atoms with Crippen molar-refractivity contribution in [1.29, 1.82) is 0 Å². The van der Waals surface area contributed by atoms with E-state index in [0.717, 1.165) is 4.57 Å². The van der Waals surface area contributed by atoms with Gasteiger partial charge in [-0.05, 0) is 37.0 Å².